The quantitative estimate of drug-likeness (QED) is 0.708. The highest BCUT2D eigenvalue weighted by atomic mass is 16.5. The minimum atomic E-state index is -0.368. The summed E-state index contributed by atoms with van der Waals surface area (Å²) in [4.78, 5) is 34.9. The molecule has 1 aliphatic heterocycles. The number of methoxy groups -OCH3 is 1. The zero-order valence-electron chi connectivity index (χ0n) is 17.0. The van der Waals surface area contributed by atoms with E-state index in [4.69, 9.17) is 4.74 Å². The van der Waals surface area contributed by atoms with Crippen molar-refractivity contribution < 1.29 is 9.53 Å². The molecule has 1 N–H and O–H groups in total. The van der Waals surface area contributed by atoms with Gasteiger partial charge in [0.1, 0.15) is 11.3 Å². The summed E-state index contributed by atoms with van der Waals surface area (Å²) in [6.45, 7) is 0.640. The van der Waals surface area contributed by atoms with E-state index in [-0.39, 0.29) is 23.1 Å². The zero-order valence-corrected chi connectivity index (χ0v) is 17.0. The highest BCUT2D eigenvalue weighted by Gasteiger charge is 2.29. The number of amides is 1. The molecule has 0 aliphatic carbocycles. The Balaban J connectivity index is 1.64. The average Bonchev–Trinajstić information content (AvgIpc) is 3.05. The van der Waals surface area contributed by atoms with E-state index in [1.807, 2.05) is 41.3 Å². The summed E-state index contributed by atoms with van der Waals surface area (Å²) in [5.74, 6) is 0.564. The summed E-state index contributed by atoms with van der Waals surface area (Å²) in [7, 11) is 1.64. The number of pyridine rings is 2. The smallest absolute Gasteiger partial charge is 0.261 e. The molecular weight excluding hydrogens is 378 g/mol. The number of carbonyl (C=O) groups is 1. The molecule has 0 spiro atoms. The zero-order chi connectivity index (χ0) is 20.9. The summed E-state index contributed by atoms with van der Waals surface area (Å²) >= 11 is 0. The Bertz CT molecular complexity index is 1060. The lowest BCUT2D eigenvalue weighted by Gasteiger charge is -2.30. The molecule has 0 radical (unpaired) electrons. The first-order chi connectivity index (χ1) is 14.7. The number of nitrogens with one attached hydrogen (secondary N) is 1. The average molecular weight is 403 g/mol. The van der Waals surface area contributed by atoms with E-state index in [1.54, 1.807) is 31.6 Å². The molecule has 0 bridgehead atoms. The predicted octanol–water partition coefficient (Wildman–Crippen LogP) is 4.20. The van der Waals surface area contributed by atoms with Gasteiger partial charge in [-0.15, -0.1) is 0 Å². The molecule has 3 aromatic rings. The summed E-state index contributed by atoms with van der Waals surface area (Å²) in [6, 6.07) is 14.8. The summed E-state index contributed by atoms with van der Waals surface area (Å²) in [5, 5.41) is 0. The first-order valence-corrected chi connectivity index (χ1v) is 10.3. The first-order valence-electron chi connectivity index (χ1n) is 10.3. The molecule has 1 aromatic carbocycles. The minimum absolute atomic E-state index is 0.0508. The van der Waals surface area contributed by atoms with Gasteiger partial charge in [0.2, 0.25) is 0 Å². The van der Waals surface area contributed by atoms with Crippen molar-refractivity contribution in [1.82, 2.24) is 14.9 Å². The van der Waals surface area contributed by atoms with Crippen molar-refractivity contribution in [3.8, 4) is 17.0 Å². The van der Waals surface area contributed by atoms with Crippen LogP contribution in [0.15, 0.2) is 65.7 Å². The second-order valence-corrected chi connectivity index (χ2v) is 7.49. The van der Waals surface area contributed by atoms with Crippen LogP contribution in [0.2, 0.25) is 0 Å². The highest BCUT2D eigenvalue weighted by molar-refractivity contribution is 5.94. The molecule has 6 heteroatoms. The number of ether oxygens (including phenoxy) is 1. The van der Waals surface area contributed by atoms with Crippen LogP contribution in [0.5, 0.6) is 5.75 Å². The molecule has 2 aromatic heterocycles. The Kier molecular flexibility index (Phi) is 5.93. The standard InChI is InChI=1S/C24H25N3O3/c1-30-19-8-6-18(7-9-19)22-5-3-2-4-16-27(22)24(29)20-10-11-21(26-23(20)28)17-12-14-25-15-13-17/h6-15,22H,2-5,16H2,1H3,(H,26,28)/t22-/m1/s1. The Morgan fingerprint density at radius 2 is 1.80 bits per heavy atom. The van der Waals surface area contributed by atoms with Gasteiger partial charge in [-0.3, -0.25) is 14.6 Å². The number of hydrogen-bond donors (Lipinski definition) is 1. The van der Waals surface area contributed by atoms with Gasteiger partial charge < -0.3 is 14.6 Å². The van der Waals surface area contributed by atoms with Crippen LogP contribution >= 0.6 is 0 Å². The number of carbonyl (C=O) groups excluding carboxylic acids is 1. The Labute approximate surface area is 175 Å². The molecule has 1 fully saturated rings. The van der Waals surface area contributed by atoms with Crippen molar-refractivity contribution in [2.45, 2.75) is 31.7 Å². The molecule has 1 saturated heterocycles. The summed E-state index contributed by atoms with van der Waals surface area (Å²) in [6.07, 6.45) is 7.29. The van der Waals surface area contributed by atoms with Crippen LogP contribution in [0.3, 0.4) is 0 Å². The number of rotatable bonds is 4. The fourth-order valence-electron chi connectivity index (χ4n) is 4.02. The van der Waals surface area contributed by atoms with Crippen molar-refractivity contribution in [1.29, 1.82) is 0 Å². The second kappa shape index (κ2) is 8.95. The number of hydrogen-bond acceptors (Lipinski definition) is 4. The third-order valence-electron chi connectivity index (χ3n) is 5.65. The van der Waals surface area contributed by atoms with E-state index < -0.39 is 0 Å². The summed E-state index contributed by atoms with van der Waals surface area (Å²) < 4.78 is 5.26. The lowest BCUT2D eigenvalue weighted by molar-refractivity contribution is 0.0679. The monoisotopic (exact) mass is 403 g/mol. The van der Waals surface area contributed by atoms with Gasteiger partial charge in [0, 0.05) is 30.2 Å². The van der Waals surface area contributed by atoms with E-state index in [9.17, 15) is 9.59 Å². The Morgan fingerprint density at radius 3 is 2.50 bits per heavy atom. The third-order valence-corrected chi connectivity index (χ3v) is 5.65. The van der Waals surface area contributed by atoms with Gasteiger partial charge in [-0.1, -0.05) is 25.0 Å². The van der Waals surface area contributed by atoms with E-state index in [0.717, 1.165) is 42.6 Å². The van der Waals surface area contributed by atoms with Gasteiger partial charge in [-0.05, 0) is 54.8 Å². The number of benzene rings is 1. The van der Waals surface area contributed by atoms with Gasteiger partial charge in [0.05, 0.1) is 13.2 Å². The van der Waals surface area contributed by atoms with E-state index in [1.165, 1.54) is 0 Å². The first kappa shape index (κ1) is 19.9. The lowest BCUT2D eigenvalue weighted by atomic mass is 10.00. The molecule has 0 saturated carbocycles. The molecule has 0 unspecified atom stereocenters. The number of H-pyrrole nitrogens is 1. The van der Waals surface area contributed by atoms with Gasteiger partial charge in [0.25, 0.3) is 11.5 Å². The summed E-state index contributed by atoms with van der Waals surface area (Å²) in [5.41, 5.74) is 2.39. The fourth-order valence-corrected chi connectivity index (χ4v) is 4.02. The Hall–Kier alpha value is -3.41. The number of aromatic amines is 1. The lowest BCUT2D eigenvalue weighted by Crippen LogP contribution is -2.37. The topological polar surface area (TPSA) is 75.3 Å². The van der Waals surface area contributed by atoms with Crippen molar-refractivity contribution in [3.63, 3.8) is 0 Å². The minimum Gasteiger partial charge on any atom is -0.497 e. The van der Waals surface area contributed by atoms with Crippen LogP contribution in [-0.4, -0.2) is 34.4 Å². The van der Waals surface area contributed by atoms with Crippen LogP contribution in [0.4, 0.5) is 0 Å². The van der Waals surface area contributed by atoms with Crippen molar-refractivity contribution >= 4 is 5.91 Å². The van der Waals surface area contributed by atoms with Crippen molar-refractivity contribution in [2.24, 2.45) is 0 Å². The molecule has 4 rings (SSSR count). The number of likely N-dealkylation sites (tertiary alicyclic amines) is 1. The third kappa shape index (κ3) is 4.13. The molecule has 30 heavy (non-hydrogen) atoms. The van der Waals surface area contributed by atoms with Crippen molar-refractivity contribution in [2.75, 3.05) is 13.7 Å². The van der Waals surface area contributed by atoms with Crippen LogP contribution in [0, 0.1) is 0 Å². The number of nitrogens with zero attached hydrogens (tertiary/aromatic N) is 2. The van der Waals surface area contributed by atoms with Crippen molar-refractivity contribution in [3.05, 3.63) is 82.4 Å². The number of aromatic nitrogens is 2. The SMILES string of the molecule is COc1ccc([C@H]2CCCCCN2C(=O)c2ccc(-c3ccncc3)[nH]c2=O)cc1. The van der Waals surface area contributed by atoms with E-state index in [0.29, 0.717) is 12.2 Å². The van der Waals surface area contributed by atoms with Crippen LogP contribution in [0.1, 0.15) is 47.6 Å². The van der Waals surface area contributed by atoms with Gasteiger partial charge in [-0.25, -0.2) is 0 Å². The Morgan fingerprint density at radius 1 is 1.03 bits per heavy atom. The van der Waals surface area contributed by atoms with Gasteiger partial charge in [0.15, 0.2) is 0 Å². The van der Waals surface area contributed by atoms with Crippen LogP contribution in [0.25, 0.3) is 11.3 Å². The molecule has 6 nitrogen and oxygen atoms in total. The molecule has 3 heterocycles. The predicted molar refractivity (Wildman–Crippen MR) is 116 cm³/mol. The van der Waals surface area contributed by atoms with Gasteiger partial charge >= 0.3 is 0 Å². The molecule has 154 valence electrons. The van der Waals surface area contributed by atoms with Gasteiger partial charge in [-0.2, -0.15) is 0 Å². The van der Waals surface area contributed by atoms with E-state index >= 15 is 0 Å². The molecule has 1 aliphatic rings. The maximum absolute atomic E-state index is 13.4. The second-order valence-electron chi connectivity index (χ2n) is 7.49. The van der Waals surface area contributed by atoms with Crippen LogP contribution in [-0.2, 0) is 0 Å². The maximum atomic E-state index is 13.4. The molecule has 1 atom stereocenters. The largest absolute Gasteiger partial charge is 0.497 e. The fraction of sp³-hybridized carbons (Fsp3) is 0.292. The highest BCUT2D eigenvalue weighted by Crippen LogP contribution is 2.32. The maximum Gasteiger partial charge on any atom is 0.261 e. The molecular formula is C24H25N3O3. The van der Waals surface area contributed by atoms with Crippen LogP contribution < -0.4 is 10.3 Å². The molecule has 1 amide bonds. The van der Waals surface area contributed by atoms with E-state index in [2.05, 4.69) is 9.97 Å². The normalized spacial score (nSPS) is 16.7.